The summed E-state index contributed by atoms with van der Waals surface area (Å²) in [5, 5.41) is 6.71. The van der Waals surface area contributed by atoms with Crippen molar-refractivity contribution in [2.24, 2.45) is 0 Å². The topological polar surface area (TPSA) is 70.9 Å². The highest BCUT2D eigenvalue weighted by Crippen LogP contribution is 2.25. The Bertz CT molecular complexity index is 914. The second-order valence-electron chi connectivity index (χ2n) is 7.01. The lowest BCUT2D eigenvalue weighted by Crippen LogP contribution is -2.44. The quantitative estimate of drug-likeness (QED) is 0.720. The van der Waals surface area contributed by atoms with Gasteiger partial charge in [-0.3, -0.25) is 0 Å². The van der Waals surface area contributed by atoms with Gasteiger partial charge in [-0.15, -0.1) is 0 Å². The predicted molar refractivity (Wildman–Crippen MR) is 105 cm³/mol. The number of rotatable bonds is 5. The third-order valence-corrected chi connectivity index (χ3v) is 4.74. The molecule has 0 unspecified atom stereocenters. The molecular weight excluding hydrogens is 345 g/mol. The van der Waals surface area contributed by atoms with Crippen LogP contribution in [0.5, 0.6) is 0 Å². The van der Waals surface area contributed by atoms with Crippen LogP contribution >= 0.6 is 0 Å². The fourth-order valence-corrected chi connectivity index (χ4v) is 3.20. The number of hydrogen-bond donors (Lipinski definition) is 2. The molecule has 1 aliphatic rings. The molecular formula is C19H24FN7. The third kappa shape index (κ3) is 3.71. The van der Waals surface area contributed by atoms with Gasteiger partial charge in [0.2, 0.25) is 5.95 Å². The molecule has 3 aromatic rings. The number of imidazole rings is 1. The second kappa shape index (κ2) is 7.48. The summed E-state index contributed by atoms with van der Waals surface area (Å²) in [6.07, 6.45) is 1.81. The smallest absolute Gasteiger partial charge is 0.229 e. The molecule has 0 aliphatic carbocycles. The zero-order chi connectivity index (χ0) is 18.8. The molecule has 0 spiro atoms. The number of piperazine rings is 1. The Morgan fingerprint density at radius 2 is 1.89 bits per heavy atom. The number of halogens is 1. The second-order valence-corrected chi connectivity index (χ2v) is 7.01. The van der Waals surface area contributed by atoms with Crippen LogP contribution in [0, 0.1) is 5.82 Å². The molecule has 2 aromatic heterocycles. The summed E-state index contributed by atoms with van der Waals surface area (Å²) in [4.78, 5) is 16.3. The van der Waals surface area contributed by atoms with Gasteiger partial charge in [0, 0.05) is 38.8 Å². The Hall–Kier alpha value is -2.74. The third-order valence-electron chi connectivity index (χ3n) is 4.74. The van der Waals surface area contributed by atoms with Crippen molar-refractivity contribution in [1.29, 1.82) is 0 Å². The first kappa shape index (κ1) is 17.7. The van der Waals surface area contributed by atoms with Crippen LogP contribution in [-0.2, 0) is 6.54 Å². The molecule has 1 aromatic carbocycles. The van der Waals surface area contributed by atoms with Crippen molar-refractivity contribution in [2.45, 2.75) is 26.4 Å². The van der Waals surface area contributed by atoms with Crippen LogP contribution < -0.4 is 15.5 Å². The van der Waals surface area contributed by atoms with Crippen molar-refractivity contribution in [2.75, 3.05) is 36.4 Å². The van der Waals surface area contributed by atoms with Gasteiger partial charge in [-0.1, -0.05) is 12.1 Å². The molecule has 0 atom stereocenters. The molecule has 142 valence electrons. The van der Waals surface area contributed by atoms with Crippen molar-refractivity contribution in [1.82, 2.24) is 24.8 Å². The van der Waals surface area contributed by atoms with Crippen molar-refractivity contribution in [3.8, 4) is 0 Å². The van der Waals surface area contributed by atoms with Gasteiger partial charge in [-0.25, -0.2) is 9.37 Å². The molecule has 7 nitrogen and oxygen atoms in total. The van der Waals surface area contributed by atoms with E-state index in [1.54, 1.807) is 12.1 Å². The van der Waals surface area contributed by atoms with Crippen molar-refractivity contribution < 1.29 is 4.39 Å². The Balaban J connectivity index is 1.69. The van der Waals surface area contributed by atoms with Crippen molar-refractivity contribution in [3.05, 3.63) is 42.0 Å². The summed E-state index contributed by atoms with van der Waals surface area (Å²) in [5.41, 5.74) is 2.56. The molecule has 0 saturated carbocycles. The Labute approximate surface area is 157 Å². The summed E-state index contributed by atoms with van der Waals surface area (Å²) >= 11 is 0. The first-order valence-corrected chi connectivity index (χ1v) is 9.30. The SMILES string of the molecule is CC(C)n1cnc2c(NCc3ccc(F)cc3)nc(N3CCNCC3)nc21. The largest absolute Gasteiger partial charge is 0.364 e. The summed E-state index contributed by atoms with van der Waals surface area (Å²) in [5.74, 6) is 1.19. The molecule has 1 aliphatic heterocycles. The Morgan fingerprint density at radius 3 is 2.59 bits per heavy atom. The van der Waals surface area contributed by atoms with Crippen molar-refractivity contribution >= 4 is 22.9 Å². The van der Waals surface area contributed by atoms with Crippen LogP contribution in [0.1, 0.15) is 25.5 Å². The summed E-state index contributed by atoms with van der Waals surface area (Å²) in [6.45, 7) is 8.35. The molecule has 0 bridgehead atoms. The molecule has 1 fully saturated rings. The van der Waals surface area contributed by atoms with E-state index < -0.39 is 0 Å². The highest BCUT2D eigenvalue weighted by molar-refractivity contribution is 5.84. The minimum atomic E-state index is -0.236. The number of nitrogens with one attached hydrogen (secondary N) is 2. The van der Waals surface area contributed by atoms with Gasteiger partial charge < -0.3 is 20.1 Å². The van der Waals surface area contributed by atoms with E-state index in [1.807, 2.05) is 6.33 Å². The summed E-state index contributed by atoms with van der Waals surface area (Å²) in [7, 11) is 0. The number of anilines is 2. The first-order valence-electron chi connectivity index (χ1n) is 9.30. The number of fused-ring (bicyclic) bond motifs is 1. The van der Waals surface area contributed by atoms with Crippen molar-refractivity contribution in [3.63, 3.8) is 0 Å². The van der Waals surface area contributed by atoms with Gasteiger partial charge >= 0.3 is 0 Å². The number of aromatic nitrogens is 4. The maximum absolute atomic E-state index is 13.1. The lowest BCUT2D eigenvalue weighted by molar-refractivity contribution is 0.578. The molecule has 4 rings (SSSR count). The molecule has 2 N–H and O–H groups in total. The maximum atomic E-state index is 13.1. The van der Waals surface area contributed by atoms with Crippen LogP contribution in [0.3, 0.4) is 0 Å². The fourth-order valence-electron chi connectivity index (χ4n) is 3.20. The van der Waals surface area contributed by atoms with E-state index in [-0.39, 0.29) is 11.9 Å². The van der Waals surface area contributed by atoms with Crippen LogP contribution in [0.15, 0.2) is 30.6 Å². The Kier molecular flexibility index (Phi) is 4.89. The van der Waals surface area contributed by atoms with E-state index >= 15 is 0 Å². The normalized spacial score (nSPS) is 14.9. The van der Waals surface area contributed by atoms with Gasteiger partial charge in [0.05, 0.1) is 6.33 Å². The number of benzene rings is 1. The van der Waals surface area contributed by atoms with Crippen LogP contribution in [-0.4, -0.2) is 45.7 Å². The first-order chi connectivity index (χ1) is 13.1. The highest BCUT2D eigenvalue weighted by Gasteiger charge is 2.19. The minimum Gasteiger partial charge on any atom is -0.364 e. The number of nitrogens with zero attached hydrogens (tertiary/aromatic N) is 5. The summed E-state index contributed by atoms with van der Waals surface area (Å²) < 4.78 is 15.2. The molecule has 8 heteroatoms. The molecule has 0 amide bonds. The summed E-state index contributed by atoms with van der Waals surface area (Å²) in [6, 6.07) is 6.72. The zero-order valence-corrected chi connectivity index (χ0v) is 15.6. The van der Waals surface area contributed by atoms with Crippen LogP contribution in [0.25, 0.3) is 11.2 Å². The van der Waals surface area contributed by atoms with Crippen LogP contribution in [0.4, 0.5) is 16.2 Å². The zero-order valence-electron chi connectivity index (χ0n) is 15.6. The number of hydrogen-bond acceptors (Lipinski definition) is 6. The Morgan fingerprint density at radius 1 is 1.15 bits per heavy atom. The molecule has 27 heavy (non-hydrogen) atoms. The van der Waals surface area contributed by atoms with Gasteiger partial charge in [-0.2, -0.15) is 9.97 Å². The lowest BCUT2D eigenvalue weighted by Gasteiger charge is -2.27. The van der Waals surface area contributed by atoms with E-state index in [1.165, 1.54) is 12.1 Å². The molecule has 1 saturated heterocycles. The molecule has 0 radical (unpaired) electrons. The lowest BCUT2D eigenvalue weighted by atomic mass is 10.2. The molecule has 3 heterocycles. The standard InChI is InChI=1S/C19H24FN7/c1-13(2)27-12-23-16-17(22-11-14-3-5-15(20)6-4-14)24-19(25-18(16)27)26-9-7-21-8-10-26/h3-6,12-13,21H,7-11H2,1-2H3,(H,22,24,25). The average Bonchev–Trinajstić information content (AvgIpc) is 3.12. The highest BCUT2D eigenvalue weighted by atomic mass is 19.1. The maximum Gasteiger partial charge on any atom is 0.229 e. The van der Waals surface area contributed by atoms with E-state index in [2.05, 4.69) is 38.9 Å². The monoisotopic (exact) mass is 369 g/mol. The fraction of sp³-hybridized carbons (Fsp3) is 0.421. The van der Waals surface area contributed by atoms with E-state index in [9.17, 15) is 4.39 Å². The predicted octanol–water partition coefficient (Wildman–Crippen LogP) is 2.57. The van der Waals surface area contributed by atoms with E-state index in [0.717, 1.165) is 42.9 Å². The van der Waals surface area contributed by atoms with E-state index in [0.29, 0.717) is 18.3 Å². The van der Waals surface area contributed by atoms with Gasteiger partial charge in [0.15, 0.2) is 17.0 Å². The van der Waals surface area contributed by atoms with Gasteiger partial charge in [-0.05, 0) is 31.5 Å². The minimum absolute atomic E-state index is 0.236. The average molecular weight is 369 g/mol. The van der Waals surface area contributed by atoms with Gasteiger partial charge in [0.1, 0.15) is 5.82 Å². The van der Waals surface area contributed by atoms with Gasteiger partial charge in [0.25, 0.3) is 0 Å². The van der Waals surface area contributed by atoms with E-state index in [4.69, 9.17) is 9.97 Å². The van der Waals surface area contributed by atoms with Crippen LogP contribution in [0.2, 0.25) is 0 Å².